The van der Waals surface area contributed by atoms with E-state index in [1.807, 2.05) is 4.98 Å². The monoisotopic (exact) mass is 242 g/mol. The van der Waals surface area contributed by atoms with Crippen LogP contribution in [0.5, 0.6) is 5.75 Å². The zero-order valence-electron chi connectivity index (χ0n) is 8.50. The Bertz CT molecular complexity index is 648. The number of benzene rings is 1. The molecule has 0 aliphatic rings. The van der Waals surface area contributed by atoms with Gasteiger partial charge in [0.15, 0.2) is 0 Å². The predicted molar refractivity (Wildman–Crippen MR) is 56.7 cm³/mol. The zero-order valence-corrected chi connectivity index (χ0v) is 8.50. The Kier molecular flexibility index (Phi) is 2.90. The summed E-state index contributed by atoms with van der Waals surface area (Å²) in [6.07, 6.45) is -2.58. The van der Waals surface area contributed by atoms with Crippen LogP contribution in [0.25, 0.3) is 10.9 Å². The van der Waals surface area contributed by atoms with Crippen molar-refractivity contribution < 1.29 is 13.5 Å². The number of hydrogen-bond acceptors (Lipinski definition) is 3. The maximum absolute atomic E-state index is 11.9. The van der Waals surface area contributed by atoms with Crippen molar-refractivity contribution in [3.63, 3.8) is 0 Å². The summed E-state index contributed by atoms with van der Waals surface area (Å²) in [6, 6.07) is 4.12. The van der Waals surface area contributed by atoms with Gasteiger partial charge < -0.3 is 9.72 Å². The first-order valence-corrected chi connectivity index (χ1v) is 4.73. The molecule has 0 atom stereocenters. The van der Waals surface area contributed by atoms with Crippen LogP contribution in [0, 0.1) is 0 Å². The molecule has 0 unspecified atom stereocenters. The van der Waals surface area contributed by atoms with Gasteiger partial charge in [-0.3, -0.25) is 9.78 Å². The first-order chi connectivity index (χ1) is 8.06. The molecule has 90 valence electrons. The second-order valence-corrected chi connectivity index (χ2v) is 3.32. The summed E-state index contributed by atoms with van der Waals surface area (Å²) in [6.45, 7) is -0.743. The first-order valence-electron chi connectivity index (χ1n) is 4.73. The van der Waals surface area contributed by atoms with E-state index in [0.717, 1.165) is 0 Å². The van der Waals surface area contributed by atoms with Crippen LogP contribution in [-0.4, -0.2) is 23.0 Å². The molecular weight excluding hydrogens is 234 g/mol. The van der Waals surface area contributed by atoms with E-state index in [0.29, 0.717) is 5.52 Å². The second-order valence-electron chi connectivity index (χ2n) is 3.32. The Morgan fingerprint density at radius 3 is 2.71 bits per heavy atom. The first kappa shape index (κ1) is 11.3. The topological polar surface area (TPSA) is 74.9 Å². The van der Waals surface area contributed by atoms with Crippen LogP contribution in [-0.2, 0) is 0 Å². The molecule has 17 heavy (non-hydrogen) atoms. The average Bonchev–Trinajstić information content (AvgIpc) is 2.26. The van der Waals surface area contributed by atoms with E-state index < -0.39 is 24.3 Å². The van der Waals surface area contributed by atoms with Crippen molar-refractivity contribution in [1.29, 1.82) is 0 Å². The number of rotatable bonds is 3. The smallest absolute Gasteiger partial charge is 0.326 e. The Labute approximate surface area is 93.0 Å². The molecule has 0 saturated carbocycles. The quantitative estimate of drug-likeness (QED) is 0.838. The van der Waals surface area contributed by atoms with Gasteiger partial charge in [-0.05, 0) is 18.2 Å². The number of hydrogen-bond donors (Lipinski definition) is 2. The van der Waals surface area contributed by atoms with Gasteiger partial charge in [0.1, 0.15) is 12.4 Å². The number of fused-ring (bicyclic) bond motifs is 1. The van der Waals surface area contributed by atoms with Crippen LogP contribution in [0.4, 0.5) is 8.78 Å². The molecule has 7 heteroatoms. The van der Waals surface area contributed by atoms with Crippen molar-refractivity contribution >= 4 is 10.9 Å². The fourth-order valence-electron chi connectivity index (χ4n) is 1.39. The van der Waals surface area contributed by atoms with Crippen LogP contribution in [0.1, 0.15) is 0 Å². The molecule has 0 saturated heterocycles. The van der Waals surface area contributed by atoms with E-state index in [9.17, 15) is 18.4 Å². The number of ether oxygens (including phenoxy) is 1. The molecule has 1 heterocycles. The van der Waals surface area contributed by atoms with Gasteiger partial charge in [0.05, 0.1) is 10.9 Å². The largest absolute Gasteiger partial charge is 0.488 e. The molecule has 0 radical (unpaired) electrons. The van der Waals surface area contributed by atoms with Crippen molar-refractivity contribution in [3.05, 3.63) is 39.0 Å². The third-order valence-electron chi connectivity index (χ3n) is 2.09. The number of halogens is 2. The zero-order chi connectivity index (χ0) is 12.4. The van der Waals surface area contributed by atoms with Crippen LogP contribution >= 0.6 is 0 Å². The highest BCUT2D eigenvalue weighted by Crippen LogP contribution is 2.16. The maximum atomic E-state index is 11.9. The molecule has 2 rings (SSSR count). The van der Waals surface area contributed by atoms with Gasteiger partial charge in [-0.2, -0.15) is 0 Å². The van der Waals surface area contributed by atoms with E-state index >= 15 is 0 Å². The van der Waals surface area contributed by atoms with E-state index in [2.05, 4.69) is 4.98 Å². The fourth-order valence-corrected chi connectivity index (χ4v) is 1.39. The lowest BCUT2D eigenvalue weighted by Gasteiger charge is -2.05. The Hall–Kier alpha value is -2.18. The Morgan fingerprint density at radius 1 is 1.24 bits per heavy atom. The summed E-state index contributed by atoms with van der Waals surface area (Å²) in [5, 5.41) is 0.177. The van der Waals surface area contributed by atoms with E-state index in [1.165, 1.54) is 18.2 Å². The number of aromatic amines is 2. The number of aromatic nitrogens is 2. The molecular formula is C10H8F2N2O3. The second kappa shape index (κ2) is 4.36. The summed E-state index contributed by atoms with van der Waals surface area (Å²) in [7, 11) is 0. The Balaban J connectivity index is 2.44. The molecule has 5 nitrogen and oxygen atoms in total. The molecule has 1 aromatic carbocycles. The lowest BCUT2D eigenvalue weighted by atomic mass is 10.2. The van der Waals surface area contributed by atoms with Crippen LogP contribution in [0.15, 0.2) is 27.8 Å². The molecule has 0 spiro atoms. The summed E-state index contributed by atoms with van der Waals surface area (Å²) >= 11 is 0. The molecule has 0 aliphatic carbocycles. The standard InChI is InChI=1S/C10H8F2N2O3/c11-8(12)4-17-5-1-2-7-6(3-5)9(15)14-10(16)13-7/h1-3,8H,4H2,(H2,13,14,15,16). The number of alkyl halides is 2. The lowest BCUT2D eigenvalue weighted by Crippen LogP contribution is -2.21. The van der Waals surface area contributed by atoms with Crippen LogP contribution in [0.3, 0.4) is 0 Å². The van der Waals surface area contributed by atoms with Gasteiger partial charge in [-0.25, -0.2) is 13.6 Å². The Morgan fingerprint density at radius 2 is 2.00 bits per heavy atom. The van der Waals surface area contributed by atoms with Crippen molar-refractivity contribution in [2.45, 2.75) is 6.43 Å². The van der Waals surface area contributed by atoms with Crippen molar-refractivity contribution in [2.24, 2.45) is 0 Å². The predicted octanol–water partition coefficient (Wildman–Crippen LogP) is 0.860. The number of nitrogens with one attached hydrogen (secondary N) is 2. The minimum atomic E-state index is -2.58. The normalized spacial score (nSPS) is 11.0. The molecule has 0 fully saturated rings. The number of H-pyrrole nitrogens is 2. The van der Waals surface area contributed by atoms with Crippen LogP contribution in [0.2, 0.25) is 0 Å². The summed E-state index contributed by atoms with van der Waals surface area (Å²) in [5.41, 5.74) is -0.891. The maximum Gasteiger partial charge on any atom is 0.326 e. The molecule has 1 aromatic heterocycles. The molecule has 0 amide bonds. The summed E-state index contributed by atoms with van der Waals surface area (Å²) in [4.78, 5) is 26.8. The van der Waals surface area contributed by atoms with Crippen LogP contribution < -0.4 is 16.0 Å². The van der Waals surface area contributed by atoms with Gasteiger partial charge >= 0.3 is 5.69 Å². The van der Waals surface area contributed by atoms with Gasteiger partial charge in [0.25, 0.3) is 12.0 Å². The minimum absolute atomic E-state index is 0.148. The third-order valence-corrected chi connectivity index (χ3v) is 2.09. The van der Waals surface area contributed by atoms with Crippen molar-refractivity contribution in [1.82, 2.24) is 9.97 Å². The average molecular weight is 242 g/mol. The molecule has 0 aliphatic heterocycles. The van der Waals surface area contributed by atoms with E-state index in [1.54, 1.807) is 0 Å². The SMILES string of the molecule is O=c1[nH]c(=O)c2cc(OCC(F)F)ccc2[nH]1. The highest BCUT2D eigenvalue weighted by Gasteiger charge is 2.06. The minimum Gasteiger partial charge on any atom is -0.488 e. The highest BCUT2D eigenvalue weighted by molar-refractivity contribution is 5.78. The fraction of sp³-hybridized carbons (Fsp3) is 0.200. The van der Waals surface area contributed by atoms with E-state index in [-0.39, 0.29) is 11.1 Å². The molecule has 2 N–H and O–H groups in total. The van der Waals surface area contributed by atoms with Gasteiger partial charge in [0.2, 0.25) is 0 Å². The third kappa shape index (κ3) is 2.49. The highest BCUT2D eigenvalue weighted by atomic mass is 19.3. The van der Waals surface area contributed by atoms with Crippen molar-refractivity contribution in [3.8, 4) is 5.75 Å². The van der Waals surface area contributed by atoms with Gasteiger partial charge in [0, 0.05) is 0 Å². The van der Waals surface area contributed by atoms with Crippen molar-refractivity contribution in [2.75, 3.05) is 6.61 Å². The summed E-state index contributed by atoms with van der Waals surface area (Å²) in [5.74, 6) is 0.148. The summed E-state index contributed by atoms with van der Waals surface area (Å²) < 4.78 is 28.6. The molecule has 0 bridgehead atoms. The van der Waals surface area contributed by atoms with Gasteiger partial charge in [-0.1, -0.05) is 0 Å². The van der Waals surface area contributed by atoms with E-state index in [4.69, 9.17) is 4.74 Å². The molecule has 2 aromatic rings. The lowest BCUT2D eigenvalue weighted by molar-refractivity contribution is 0.0820. The van der Waals surface area contributed by atoms with Gasteiger partial charge in [-0.15, -0.1) is 0 Å².